The number of carbonyl (C=O) groups is 2. The van der Waals surface area contributed by atoms with Crippen LogP contribution in [-0.4, -0.2) is 77.4 Å². The van der Waals surface area contributed by atoms with Crippen molar-refractivity contribution in [3.8, 4) is 17.2 Å². The lowest BCUT2D eigenvalue weighted by molar-refractivity contribution is -0.107. The highest BCUT2D eigenvalue weighted by Gasteiger charge is 2.57. The zero-order valence-corrected chi connectivity index (χ0v) is 22.1. The number of fused-ring (bicyclic) bond motifs is 3. The first-order valence-corrected chi connectivity index (χ1v) is 13.2. The van der Waals surface area contributed by atoms with Gasteiger partial charge in [-0.15, -0.1) is 0 Å². The van der Waals surface area contributed by atoms with E-state index in [4.69, 9.17) is 9.47 Å². The van der Waals surface area contributed by atoms with Gasteiger partial charge in [0.05, 0.1) is 36.1 Å². The third-order valence-corrected chi connectivity index (χ3v) is 7.70. The molecule has 10 heteroatoms. The van der Waals surface area contributed by atoms with Crippen LogP contribution in [0, 0.1) is 12.8 Å². The Morgan fingerprint density at radius 2 is 2.16 bits per heavy atom. The molecule has 1 aromatic carbocycles. The minimum atomic E-state index is -0.409. The summed E-state index contributed by atoms with van der Waals surface area (Å²) in [5, 5.41) is 17.3. The fourth-order valence-corrected chi connectivity index (χ4v) is 5.77. The van der Waals surface area contributed by atoms with Crippen molar-refractivity contribution in [2.75, 3.05) is 44.8 Å². The number of carbonyl (C=O) groups excluding carboxylic acids is 2. The first-order chi connectivity index (χ1) is 18.4. The van der Waals surface area contributed by atoms with Crippen LogP contribution in [0.4, 0.5) is 5.69 Å². The van der Waals surface area contributed by atoms with Crippen molar-refractivity contribution in [1.82, 2.24) is 19.8 Å². The van der Waals surface area contributed by atoms with E-state index in [9.17, 15) is 14.7 Å². The van der Waals surface area contributed by atoms with Crippen molar-refractivity contribution in [2.24, 2.45) is 5.92 Å². The molecule has 2 aromatic heterocycles. The third-order valence-electron chi connectivity index (χ3n) is 7.70. The average Bonchev–Trinajstić information content (AvgIpc) is 3.58. The number of amides is 2. The van der Waals surface area contributed by atoms with E-state index in [-0.39, 0.29) is 12.5 Å². The highest BCUT2D eigenvalue weighted by Crippen LogP contribution is 2.51. The van der Waals surface area contributed by atoms with Gasteiger partial charge in [0.2, 0.25) is 6.41 Å². The Balaban J connectivity index is 0.000000540. The van der Waals surface area contributed by atoms with Gasteiger partial charge >= 0.3 is 0 Å². The summed E-state index contributed by atoms with van der Waals surface area (Å²) in [5.74, 6) is 2.11. The number of aryl methyl sites for hydroxylation is 1. The summed E-state index contributed by atoms with van der Waals surface area (Å²) < 4.78 is 13.5. The summed E-state index contributed by atoms with van der Waals surface area (Å²) in [4.78, 5) is 28.1. The molecule has 10 nitrogen and oxygen atoms in total. The van der Waals surface area contributed by atoms with Gasteiger partial charge in [-0.1, -0.05) is 6.92 Å². The fraction of sp³-hybridized carbons (Fsp3) is 0.464. The van der Waals surface area contributed by atoms with E-state index in [2.05, 4.69) is 17.3 Å². The van der Waals surface area contributed by atoms with Gasteiger partial charge < -0.3 is 29.7 Å². The zero-order valence-electron chi connectivity index (χ0n) is 22.1. The number of aliphatic hydroxyl groups excluding tert-OH is 1. The van der Waals surface area contributed by atoms with Crippen molar-refractivity contribution < 1.29 is 24.2 Å². The maximum Gasteiger partial charge on any atom is 0.256 e. The molecular formula is C28H35N5O5. The van der Waals surface area contributed by atoms with Crippen LogP contribution in [0.25, 0.3) is 5.52 Å². The Hall–Kier alpha value is -3.63. The number of nitrogens with one attached hydrogen (secondary N) is 1. The molecule has 5 heterocycles. The molecule has 2 N–H and O–H groups in total. The number of benzene rings is 1. The van der Waals surface area contributed by atoms with Crippen LogP contribution in [0.2, 0.25) is 0 Å². The molecule has 202 valence electrons. The van der Waals surface area contributed by atoms with Gasteiger partial charge in [0.25, 0.3) is 5.91 Å². The highest BCUT2D eigenvalue weighted by atomic mass is 16.5. The van der Waals surface area contributed by atoms with Crippen LogP contribution in [-0.2, 0) is 4.79 Å². The molecule has 1 aliphatic carbocycles. The Morgan fingerprint density at radius 1 is 1.34 bits per heavy atom. The summed E-state index contributed by atoms with van der Waals surface area (Å²) in [6.07, 6.45) is 7.13. The Kier molecular flexibility index (Phi) is 7.27. The minimum Gasteiger partial charge on any atom is -0.489 e. The molecule has 3 aromatic rings. The molecule has 0 atom stereocenters. The van der Waals surface area contributed by atoms with E-state index in [1.807, 2.05) is 18.9 Å². The SMILES string of the molecule is CCCNC.Cc1c(C(=O)N2CC3CC2(CO)C3)cn2nccc(Oc3ccc4c(c3)OCCN4C=O)c12. The predicted octanol–water partition coefficient (Wildman–Crippen LogP) is 3.00. The number of hydrogen-bond donors (Lipinski definition) is 2. The minimum absolute atomic E-state index is 0.00377. The molecule has 1 saturated carbocycles. The summed E-state index contributed by atoms with van der Waals surface area (Å²) in [6.45, 7) is 6.80. The quantitative estimate of drug-likeness (QED) is 0.460. The second-order valence-electron chi connectivity index (χ2n) is 10.2. The van der Waals surface area contributed by atoms with Gasteiger partial charge in [0, 0.05) is 24.9 Å². The Labute approximate surface area is 222 Å². The molecule has 0 radical (unpaired) electrons. The maximum atomic E-state index is 13.4. The van der Waals surface area contributed by atoms with Gasteiger partial charge in [0.15, 0.2) is 5.75 Å². The average molecular weight is 522 g/mol. The molecule has 4 aliphatic rings. The van der Waals surface area contributed by atoms with Crippen molar-refractivity contribution in [1.29, 1.82) is 0 Å². The molecule has 38 heavy (non-hydrogen) atoms. The number of nitrogens with zero attached hydrogens (tertiary/aromatic N) is 4. The standard InChI is InChI=1S/C24H24N4O5.C4H11N/c1-15-18(23(31)27-11-16-9-24(27,10-16)13-29)12-28-22(15)20(4-5-25-28)33-17-2-3-19-21(8-17)32-7-6-26(19)14-30;1-3-4-5-2/h2-5,8,12,14,16,29H,6-7,9-11,13H2,1H3;5H,3-4H2,1-2H3. The smallest absolute Gasteiger partial charge is 0.256 e. The van der Waals surface area contributed by atoms with Crippen LogP contribution in [0.3, 0.4) is 0 Å². The van der Waals surface area contributed by atoms with E-state index in [0.29, 0.717) is 59.6 Å². The number of rotatable bonds is 7. The van der Waals surface area contributed by atoms with Gasteiger partial charge in [0.1, 0.15) is 23.6 Å². The Bertz CT molecular complexity index is 1330. The van der Waals surface area contributed by atoms with Crippen LogP contribution in [0.15, 0.2) is 36.7 Å². The van der Waals surface area contributed by atoms with E-state index in [1.54, 1.807) is 46.1 Å². The molecule has 0 spiro atoms. The fourth-order valence-electron chi connectivity index (χ4n) is 5.77. The number of ether oxygens (including phenoxy) is 2. The van der Waals surface area contributed by atoms with Crippen molar-refractivity contribution in [2.45, 2.75) is 38.6 Å². The predicted molar refractivity (Wildman–Crippen MR) is 143 cm³/mol. The van der Waals surface area contributed by atoms with Gasteiger partial charge in [-0.25, -0.2) is 4.52 Å². The molecule has 2 bridgehead atoms. The van der Waals surface area contributed by atoms with Crippen molar-refractivity contribution in [3.05, 3.63) is 47.8 Å². The molecule has 2 saturated heterocycles. The molecule has 3 fully saturated rings. The van der Waals surface area contributed by atoms with Crippen molar-refractivity contribution >= 4 is 23.5 Å². The lowest BCUT2D eigenvalue weighted by Crippen LogP contribution is -2.51. The monoisotopic (exact) mass is 521 g/mol. The molecule has 0 unspecified atom stereocenters. The lowest BCUT2D eigenvalue weighted by atomic mass is 9.74. The van der Waals surface area contributed by atoms with Gasteiger partial charge in [-0.05, 0) is 63.4 Å². The molecule has 7 rings (SSSR count). The number of anilines is 1. The number of hydrogen-bond acceptors (Lipinski definition) is 7. The summed E-state index contributed by atoms with van der Waals surface area (Å²) >= 11 is 0. The number of aromatic nitrogens is 2. The van der Waals surface area contributed by atoms with E-state index in [1.165, 1.54) is 6.42 Å². The van der Waals surface area contributed by atoms with Crippen LogP contribution >= 0.6 is 0 Å². The lowest BCUT2D eigenvalue weighted by Gasteiger charge is -2.40. The van der Waals surface area contributed by atoms with Crippen molar-refractivity contribution in [3.63, 3.8) is 0 Å². The molecular weight excluding hydrogens is 486 g/mol. The zero-order chi connectivity index (χ0) is 26.9. The molecule has 3 aliphatic heterocycles. The van der Waals surface area contributed by atoms with Crippen LogP contribution in [0.1, 0.15) is 42.1 Å². The summed E-state index contributed by atoms with van der Waals surface area (Å²) in [5.41, 5.74) is 2.35. The summed E-state index contributed by atoms with van der Waals surface area (Å²) in [7, 11) is 1.96. The summed E-state index contributed by atoms with van der Waals surface area (Å²) in [6, 6.07) is 7.10. The van der Waals surface area contributed by atoms with E-state index >= 15 is 0 Å². The van der Waals surface area contributed by atoms with Crippen LogP contribution in [0.5, 0.6) is 17.2 Å². The second-order valence-corrected chi connectivity index (χ2v) is 10.2. The van der Waals surface area contributed by atoms with E-state index in [0.717, 1.165) is 31.4 Å². The second kappa shape index (κ2) is 10.6. The van der Waals surface area contributed by atoms with Crippen LogP contribution < -0.4 is 19.7 Å². The normalized spacial score (nSPS) is 21.2. The first kappa shape index (κ1) is 26.0. The topological polar surface area (TPSA) is 109 Å². The van der Waals surface area contributed by atoms with Gasteiger partial charge in [-0.3, -0.25) is 9.59 Å². The number of aliphatic hydroxyl groups is 1. The largest absolute Gasteiger partial charge is 0.489 e. The first-order valence-electron chi connectivity index (χ1n) is 13.2. The molecule has 2 amide bonds. The Morgan fingerprint density at radius 3 is 2.84 bits per heavy atom. The highest BCUT2D eigenvalue weighted by molar-refractivity contribution is 5.99. The maximum absolute atomic E-state index is 13.4. The third kappa shape index (κ3) is 4.48. The van der Waals surface area contributed by atoms with E-state index < -0.39 is 5.54 Å². The van der Waals surface area contributed by atoms with Gasteiger partial charge in [-0.2, -0.15) is 5.10 Å².